The second-order valence-corrected chi connectivity index (χ2v) is 5.54. The maximum absolute atomic E-state index is 12.6. The fourth-order valence-corrected chi connectivity index (χ4v) is 2.44. The van der Waals surface area contributed by atoms with Crippen LogP contribution in [0.1, 0.15) is 29.7 Å². The number of amides is 1. The molecule has 0 bridgehead atoms. The molecule has 1 N–H and O–H groups in total. The summed E-state index contributed by atoms with van der Waals surface area (Å²) in [6, 6.07) is 11.0. The summed E-state index contributed by atoms with van der Waals surface area (Å²) in [6.07, 6.45) is 6.08. The highest BCUT2D eigenvalue weighted by atomic mass is 16.5. The lowest BCUT2D eigenvalue weighted by Crippen LogP contribution is -2.15. The third-order valence-electron chi connectivity index (χ3n) is 3.68. The predicted molar refractivity (Wildman–Crippen MR) is 96.3 cm³/mol. The zero-order valence-corrected chi connectivity index (χ0v) is 14.3. The Morgan fingerprint density at radius 3 is 2.80 bits per heavy atom. The van der Waals surface area contributed by atoms with E-state index in [1.165, 1.54) is 0 Å². The molecule has 0 saturated carbocycles. The van der Waals surface area contributed by atoms with E-state index in [0.717, 1.165) is 17.9 Å². The third-order valence-corrected chi connectivity index (χ3v) is 3.68. The average Bonchev–Trinajstić information content (AvgIpc) is 3.07. The van der Waals surface area contributed by atoms with E-state index in [4.69, 9.17) is 4.74 Å². The summed E-state index contributed by atoms with van der Waals surface area (Å²) in [5, 5.41) is 2.87. The molecule has 0 radical (unpaired) electrons. The summed E-state index contributed by atoms with van der Waals surface area (Å²) in [7, 11) is 0. The molecule has 0 aliphatic heterocycles. The Morgan fingerprint density at radius 2 is 2.04 bits per heavy atom. The van der Waals surface area contributed by atoms with Gasteiger partial charge in [0.15, 0.2) is 0 Å². The Hall–Kier alpha value is -3.15. The lowest BCUT2D eigenvalue weighted by Gasteiger charge is -2.12. The van der Waals surface area contributed by atoms with Crippen LogP contribution in [0.25, 0.3) is 5.69 Å². The van der Waals surface area contributed by atoms with Crippen LogP contribution in [0.4, 0.5) is 5.69 Å². The van der Waals surface area contributed by atoms with Gasteiger partial charge in [-0.1, -0.05) is 19.1 Å². The Balaban J connectivity index is 1.82. The van der Waals surface area contributed by atoms with Crippen LogP contribution in [0.5, 0.6) is 5.75 Å². The van der Waals surface area contributed by atoms with E-state index < -0.39 is 0 Å². The number of rotatable bonds is 6. The first-order valence-electron chi connectivity index (χ1n) is 8.18. The Kier molecular flexibility index (Phi) is 5.09. The second kappa shape index (κ2) is 7.61. The smallest absolute Gasteiger partial charge is 0.274 e. The highest BCUT2D eigenvalue weighted by Crippen LogP contribution is 2.24. The van der Waals surface area contributed by atoms with Crippen molar-refractivity contribution < 1.29 is 9.53 Å². The molecule has 0 aliphatic rings. The molecule has 25 heavy (non-hydrogen) atoms. The fraction of sp³-hybridized carbons (Fsp3) is 0.211. The number of aromatic nitrogens is 3. The number of pyridine rings is 1. The maximum Gasteiger partial charge on any atom is 0.274 e. The number of para-hydroxylation sites is 2. The molecule has 0 saturated heterocycles. The van der Waals surface area contributed by atoms with Gasteiger partial charge < -0.3 is 14.6 Å². The fourth-order valence-electron chi connectivity index (χ4n) is 2.44. The van der Waals surface area contributed by atoms with Gasteiger partial charge in [0.25, 0.3) is 5.91 Å². The SMILES string of the molecule is CCCOc1ccccc1NC(=O)c1cc(-n2ccnc2C)ccn1. The van der Waals surface area contributed by atoms with Crippen molar-refractivity contribution in [3.05, 3.63) is 66.5 Å². The van der Waals surface area contributed by atoms with Gasteiger partial charge >= 0.3 is 0 Å². The van der Waals surface area contributed by atoms with Gasteiger partial charge in [0, 0.05) is 18.6 Å². The molecule has 3 rings (SSSR count). The number of imidazole rings is 1. The van der Waals surface area contributed by atoms with Crippen molar-refractivity contribution in [2.75, 3.05) is 11.9 Å². The predicted octanol–water partition coefficient (Wildman–Crippen LogP) is 3.62. The van der Waals surface area contributed by atoms with Crippen molar-refractivity contribution in [3.63, 3.8) is 0 Å². The van der Waals surface area contributed by atoms with Crippen LogP contribution in [0.2, 0.25) is 0 Å². The van der Waals surface area contributed by atoms with Crippen LogP contribution >= 0.6 is 0 Å². The monoisotopic (exact) mass is 336 g/mol. The van der Waals surface area contributed by atoms with Crippen molar-refractivity contribution in [1.29, 1.82) is 0 Å². The summed E-state index contributed by atoms with van der Waals surface area (Å²) in [5.74, 6) is 1.21. The van der Waals surface area contributed by atoms with E-state index in [9.17, 15) is 4.79 Å². The van der Waals surface area contributed by atoms with Crippen molar-refractivity contribution >= 4 is 11.6 Å². The van der Waals surface area contributed by atoms with Crippen LogP contribution < -0.4 is 10.1 Å². The summed E-state index contributed by atoms with van der Waals surface area (Å²) in [6.45, 7) is 4.54. The van der Waals surface area contributed by atoms with Gasteiger partial charge in [-0.15, -0.1) is 0 Å². The average molecular weight is 336 g/mol. The summed E-state index contributed by atoms with van der Waals surface area (Å²) < 4.78 is 7.57. The van der Waals surface area contributed by atoms with E-state index in [2.05, 4.69) is 15.3 Å². The number of benzene rings is 1. The molecule has 0 aliphatic carbocycles. The maximum atomic E-state index is 12.6. The molecule has 0 spiro atoms. The first kappa shape index (κ1) is 16.7. The quantitative estimate of drug-likeness (QED) is 0.746. The molecule has 0 fully saturated rings. The van der Waals surface area contributed by atoms with Crippen LogP contribution in [0.3, 0.4) is 0 Å². The number of hydrogen-bond donors (Lipinski definition) is 1. The molecular formula is C19H20N4O2. The first-order chi connectivity index (χ1) is 12.2. The number of aryl methyl sites for hydroxylation is 1. The minimum absolute atomic E-state index is 0.285. The number of hydrogen-bond acceptors (Lipinski definition) is 4. The number of anilines is 1. The lowest BCUT2D eigenvalue weighted by molar-refractivity contribution is 0.102. The molecule has 3 aromatic rings. The van der Waals surface area contributed by atoms with Crippen molar-refractivity contribution in [1.82, 2.24) is 14.5 Å². The van der Waals surface area contributed by atoms with Crippen molar-refractivity contribution in [3.8, 4) is 11.4 Å². The zero-order valence-electron chi connectivity index (χ0n) is 14.3. The minimum Gasteiger partial charge on any atom is -0.491 e. The summed E-state index contributed by atoms with van der Waals surface area (Å²) >= 11 is 0. The molecular weight excluding hydrogens is 316 g/mol. The highest BCUT2D eigenvalue weighted by molar-refractivity contribution is 6.03. The van der Waals surface area contributed by atoms with Gasteiger partial charge in [-0.2, -0.15) is 0 Å². The van der Waals surface area contributed by atoms with Crippen molar-refractivity contribution in [2.45, 2.75) is 20.3 Å². The van der Waals surface area contributed by atoms with Gasteiger partial charge in [-0.25, -0.2) is 4.98 Å². The zero-order chi connectivity index (χ0) is 17.6. The molecule has 128 valence electrons. The number of carbonyl (C=O) groups is 1. The number of nitrogens with zero attached hydrogens (tertiary/aromatic N) is 3. The van der Waals surface area contributed by atoms with Gasteiger partial charge in [-0.3, -0.25) is 9.78 Å². The molecule has 1 amide bonds. The molecule has 2 aromatic heterocycles. The Labute approximate surface area is 146 Å². The second-order valence-electron chi connectivity index (χ2n) is 5.54. The van der Waals surface area contributed by atoms with Crippen molar-refractivity contribution in [2.24, 2.45) is 0 Å². The molecule has 6 nitrogen and oxygen atoms in total. The summed E-state index contributed by atoms with van der Waals surface area (Å²) in [4.78, 5) is 21.0. The third kappa shape index (κ3) is 3.85. The molecule has 6 heteroatoms. The number of nitrogens with one attached hydrogen (secondary N) is 1. The minimum atomic E-state index is -0.285. The van der Waals surface area contributed by atoms with E-state index in [1.54, 1.807) is 18.5 Å². The van der Waals surface area contributed by atoms with E-state index in [0.29, 0.717) is 23.7 Å². The lowest BCUT2D eigenvalue weighted by atomic mass is 10.2. The standard InChI is InChI=1S/C19H20N4O2/c1-3-12-25-18-7-5-4-6-16(18)22-19(24)17-13-15(8-9-21-17)23-11-10-20-14(23)2/h4-11,13H,3,12H2,1-2H3,(H,22,24). The van der Waals surface area contributed by atoms with Gasteiger partial charge in [0.2, 0.25) is 0 Å². The van der Waals surface area contributed by atoms with Gasteiger partial charge in [0.1, 0.15) is 17.3 Å². The highest BCUT2D eigenvalue weighted by Gasteiger charge is 2.12. The van der Waals surface area contributed by atoms with E-state index in [-0.39, 0.29) is 5.91 Å². The first-order valence-corrected chi connectivity index (χ1v) is 8.18. The van der Waals surface area contributed by atoms with Crippen LogP contribution in [-0.2, 0) is 0 Å². The summed E-state index contributed by atoms with van der Waals surface area (Å²) in [5.41, 5.74) is 1.80. The molecule has 0 atom stereocenters. The largest absolute Gasteiger partial charge is 0.491 e. The number of carbonyl (C=O) groups excluding carboxylic acids is 1. The van der Waals surface area contributed by atoms with Crippen LogP contribution in [0.15, 0.2) is 55.0 Å². The van der Waals surface area contributed by atoms with E-state index in [1.807, 2.05) is 54.9 Å². The molecule has 2 heterocycles. The molecule has 1 aromatic carbocycles. The van der Waals surface area contributed by atoms with Crippen LogP contribution in [-0.4, -0.2) is 27.0 Å². The van der Waals surface area contributed by atoms with Gasteiger partial charge in [0.05, 0.1) is 18.0 Å². The normalized spacial score (nSPS) is 10.5. The van der Waals surface area contributed by atoms with E-state index >= 15 is 0 Å². The molecule has 0 unspecified atom stereocenters. The van der Waals surface area contributed by atoms with Crippen LogP contribution in [0, 0.1) is 6.92 Å². The Bertz CT molecular complexity index is 873. The van der Waals surface area contributed by atoms with Gasteiger partial charge in [-0.05, 0) is 37.6 Å². The number of ether oxygens (including phenoxy) is 1. The Morgan fingerprint density at radius 1 is 1.20 bits per heavy atom. The topological polar surface area (TPSA) is 69.0 Å².